The summed E-state index contributed by atoms with van der Waals surface area (Å²) in [7, 11) is -3.77. The number of benzene rings is 2. The molecule has 2 aromatic carbocycles. The van der Waals surface area contributed by atoms with E-state index < -0.39 is 28.5 Å². The van der Waals surface area contributed by atoms with Crippen LogP contribution < -0.4 is 9.62 Å². The Kier molecular flexibility index (Phi) is 10.2. The zero-order chi connectivity index (χ0) is 26.3. The summed E-state index contributed by atoms with van der Waals surface area (Å²) in [5, 5.41) is 3.52. The topological polar surface area (TPSA) is 86.8 Å². The number of hydrogen-bond donors (Lipinski definition) is 1. The summed E-state index contributed by atoms with van der Waals surface area (Å²) in [5.41, 5.74) is 2.96. The van der Waals surface area contributed by atoms with Crippen LogP contribution >= 0.6 is 11.6 Å². The molecule has 0 aromatic heterocycles. The van der Waals surface area contributed by atoms with Crippen LogP contribution in [0.15, 0.2) is 42.5 Å². The Morgan fingerprint density at radius 3 is 2.17 bits per heavy atom. The molecule has 0 aliphatic rings. The quantitative estimate of drug-likeness (QED) is 0.473. The van der Waals surface area contributed by atoms with Crippen LogP contribution in [-0.2, 0) is 26.2 Å². The van der Waals surface area contributed by atoms with Gasteiger partial charge in [-0.05, 0) is 62.9 Å². The molecule has 7 nitrogen and oxygen atoms in total. The van der Waals surface area contributed by atoms with Crippen LogP contribution in [0, 0.1) is 13.8 Å². The van der Waals surface area contributed by atoms with E-state index in [2.05, 4.69) is 5.32 Å². The first-order valence-electron chi connectivity index (χ1n) is 11.8. The number of hydrogen-bond acceptors (Lipinski definition) is 4. The molecule has 2 amide bonds. The van der Waals surface area contributed by atoms with Gasteiger partial charge in [-0.15, -0.1) is 0 Å². The van der Waals surface area contributed by atoms with Crippen LogP contribution in [0.5, 0.6) is 0 Å². The molecule has 2 atom stereocenters. The number of nitrogens with zero attached hydrogens (tertiary/aromatic N) is 2. The molecule has 0 spiro atoms. The summed E-state index contributed by atoms with van der Waals surface area (Å²) >= 11 is 6.02. The van der Waals surface area contributed by atoms with E-state index in [-0.39, 0.29) is 18.5 Å². The Balaban J connectivity index is 2.46. The molecule has 0 heterocycles. The van der Waals surface area contributed by atoms with Crippen molar-refractivity contribution in [2.24, 2.45) is 0 Å². The summed E-state index contributed by atoms with van der Waals surface area (Å²) < 4.78 is 26.6. The lowest BCUT2D eigenvalue weighted by atomic mass is 10.1. The molecule has 192 valence electrons. The van der Waals surface area contributed by atoms with Gasteiger partial charge in [-0.3, -0.25) is 13.9 Å². The standard InChI is InChI=1S/C26H36ClN3O4S/c1-7-20(5)28-26(32)23(8-2)29(16-21-10-12-22(27)13-11-21)25(31)17-30(35(6,33)34)24-14-9-18(3)15-19(24)4/h9-15,20,23H,7-8,16-17H2,1-6H3,(H,28,32)/t20-,23-/m1/s1. The highest BCUT2D eigenvalue weighted by Crippen LogP contribution is 2.24. The van der Waals surface area contributed by atoms with Gasteiger partial charge >= 0.3 is 0 Å². The van der Waals surface area contributed by atoms with Crippen molar-refractivity contribution in [1.29, 1.82) is 0 Å². The van der Waals surface area contributed by atoms with Gasteiger partial charge in [0.15, 0.2) is 0 Å². The van der Waals surface area contributed by atoms with Crippen LogP contribution in [-0.4, -0.2) is 50.0 Å². The highest BCUT2D eigenvalue weighted by molar-refractivity contribution is 7.92. The minimum absolute atomic E-state index is 0.0493. The van der Waals surface area contributed by atoms with Gasteiger partial charge in [-0.25, -0.2) is 8.42 Å². The van der Waals surface area contributed by atoms with Gasteiger partial charge in [0.25, 0.3) is 0 Å². The predicted molar refractivity (Wildman–Crippen MR) is 142 cm³/mol. The first-order chi connectivity index (χ1) is 16.4. The smallest absolute Gasteiger partial charge is 0.244 e. The maximum atomic E-state index is 13.7. The molecule has 0 fully saturated rings. The van der Waals surface area contributed by atoms with E-state index in [0.717, 1.165) is 33.7 Å². The van der Waals surface area contributed by atoms with Crippen molar-refractivity contribution in [3.8, 4) is 0 Å². The monoisotopic (exact) mass is 521 g/mol. The highest BCUT2D eigenvalue weighted by atomic mass is 35.5. The molecule has 1 N–H and O–H groups in total. The van der Waals surface area contributed by atoms with E-state index in [0.29, 0.717) is 17.1 Å². The Labute approximate surface area is 214 Å². The van der Waals surface area contributed by atoms with Gasteiger partial charge in [0.1, 0.15) is 12.6 Å². The lowest BCUT2D eigenvalue weighted by Gasteiger charge is -2.33. The Morgan fingerprint density at radius 1 is 1.03 bits per heavy atom. The fourth-order valence-corrected chi connectivity index (χ4v) is 4.86. The summed E-state index contributed by atoms with van der Waals surface area (Å²) in [6.07, 6.45) is 2.21. The van der Waals surface area contributed by atoms with Gasteiger partial charge in [-0.1, -0.05) is 55.3 Å². The van der Waals surface area contributed by atoms with Gasteiger partial charge in [-0.2, -0.15) is 0 Å². The van der Waals surface area contributed by atoms with Gasteiger partial charge in [0.2, 0.25) is 21.8 Å². The number of nitrogens with one attached hydrogen (secondary N) is 1. The summed E-state index contributed by atoms with van der Waals surface area (Å²) in [4.78, 5) is 28.3. The van der Waals surface area contributed by atoms with Crippen LogP contribution in [0.3, 0.4) is 0 Å². The highest BCUT2D eigenvalue weighted by Gasteiger charge is 2.32. The van der Waals surface area contributed by atoms with Crippen molar-refractivity contribution >= 4 is 39.1 Å². The van der Waals surface area contributed by atoms with Gasteiger partial charge in [0, 0.05) is 17.6 Å². The molecule has 0 aliphatic heterocycles. The average molecular weight is 522 g/mol. The molecule has 35 heavy (non-hydrogen) atoms. The molecule has 0 saturated heterocycles. The Hall–Kier alpha value is -2.58. The number of carbonyl (C=O) groups excluding carboxylic acids is 2. The zero-order valence-corrected chi connectivity index (χ0v) is 22.9. The minimum Gasteiger partial charge on any atom is -0.352 e. The second-order valence-corrected chi connectivity index (χ2v) is 11.3. The van der Waals surface area contributed by atoms with Crippen molar-refractivity contribution in [3.63, 3.8) is 0 Å². The molecule has 0 radical (unpaired) electrons. The summed E-state index contributed by atoms with van der Waals surface area (Å²) in [6.45, 7) is 9.17. The number of anilines is 1. The van der Waals surface area contributed by atoms with Crippen molar-refractivity contribution in [2.75, 3.05) is 17.1 Å². The maximum absolute atomic E-state index is 13.7. The predicted octanol–water partition coefficient (Wildman–Crippen LogP) is 4.44. The first kappa shape index (κ1) is 28.7. The van der Waals surface area contributed by atoms with E-state index in [1.807, 2.05) is 46.8 Å². The summed E-state index contributed by atoms with van der Waals surface area (Å²) in [6, 6.07) is 11.6. The molecular formula is C26H36ClN3O4S. The van der Waals surface area contributed by atoms with Crippen molar-refractivity contribution in [3.05, 3.63) is 64.2 Å². The van der Waals surface area contributed by atoms with E-state index >= 15 is 0 Å². The van der Waals surface area contributed by atoms with Crippen LogP contribution in [0.4, 0.5) is 5.69 Å². The zero-order valence-electron chi connectivity index (χ0n) is 21.3. The third-order valence-corrected chi connectivity index (χ3v) is 7.33. The molecule has 0 bridgehead atoms. The third-order valence-electron chi connectivity index (χ3n) is 5.95. The van der Waals surface area contributed by atoms with E-state index in [9.17, 15) is 18.0 Å². The van der Waals surface area contributed by atoms with Crippen molar-refractivity contribution in [2.45, 2.75) is 66.1 Å². The summed E-state index contributed by atoms with van der Waals surface area (Å²) in [5.74, 6) is -0.724. The van der Waals surface area contributed by atoms with E-state index in [1.54, 1.807) is 30.3 Å². The third kappa shape index (κ3) is 7.97. The molecule has 9 heteroatoms. The fourth-order valence-electron chi connectivity index (χ4n) is 3.83. The Morgan fingerprint density at radius 2 is 1.66 bits per heavy atom. The molecule has 2 aromatic rings. The number of rotatable bonds is 11. The van der Waals surface area contributed by atoms with Crippen molar-refractivity contribution in [1.82, 2.24) is 10.2 Å². The molecule has 2 rings (SSSR count). The lowest BCUT2D eigenvalue weighted by Crippen LogP contribution is -2.53. The molecule has 0 aliphatic carbocycles. The molecule has 0 unspecified atom stereocenters. The normalized spacial score (nSPS) is 13.1. The SMILES string of the molecule is CC[C@@H](C)NC(=O)[C@@H](CC)N(Cc1ccc(Cl)cc1)C(=O)CN(c1ccc(C)cc1C)S(C)(=O)=O. The van der Waals surface area contributed by atoms with Gasteiger partial charge < -0.3 is 10.2 Å². The minimum atomic E-state index is -3.77. The average Bonchev–Trinajstić information content (AvgIpc) is 2.78. The number of aryl methyl sites for hydroxylation is 2. The Bertz CT molecular complexity index is 1140. The second-order valence-electron chi connectivity index (χ2n) is 8.95. The first-order valence-corrected chi connectivity index (χ1v) is 14.0. The number of halogens is 1. The lowest BCUT2D eigenvalue weighted by molar-refractivity contribution is -0.140. The van der Waals surface area contributed by atoms with E-state index in [4.69, 9.17) is 11.6 Å². The fraction of sp³-hybridized carbons (Fsp3) is 0.462. The van der Waals surface area contributed by atoms with Crippen molar-refractivity contribution < 1.29 is 18.0 Å². The number of carbonyl (C=O) groups is 2. The molecule has 0 saturated carbocycles. The van der Waals surface area contributed by atoms with Crippen LogP contribution in [0.25, 0.3) is 0 Å². The van der Waals surface area contributed by atoms with Crippen LogP contribution in [0.1, 0.15) is 50.3 Å². The number of amides is 2. The maximum Gasteiger partial charge on any atom is 0.244 e. The number of sulfonamides is 1. The van der Waals surface area contributed by atoms with Crippen LogP contribution in [0.2, 0.25) is 5.02 Å². The largest absolute Gasteiger partial charge is 0.352 e. The second kappa shape index (κ2) is 12.4. The van der Waals surface area contributed by atoms with Gasteiger partial charge in [0.05, 0.1) is 11.9 Å². The molecular weight excluding hydrogens is 486 g/mol. The van der Waals surface area contributed by atoms with E-state index in [1.165, 1.54) is 4.90 Å².